The van der Waals surface area contributed by atoms with Gasteiger partial charge in [-0.25, -0.2) is 9.78 Å². The number of nitrogens with one attached hydrogen (secondary N) is 1. The first-order valence-electron chi connectivity index (χ1n) is 8.77. The van der Waals surface area contributed by atoms with Crippen LogP contribution in [-0.4, -0.2) is 36.8 Å². The molecule has 0 radical (unpaired) electrons. The fraction of sp³-hybridized carbons (Fsp3) is 0.190. The maximum Gasteiger partial charge on any atom is 0.337 e. The standard InChI is InChI=1S/C21H19ClN2O5/c1-4-29-18-10-12(5-8-17(18)27-2)9-15(22)19-23-16-11-13(21(26)28-3)6-7-14(16)20(25)24-19/h5-11H,4H2,1-3H3,(H,23,24,25)/b15-9-. The summed E-state index contributed by atoms with van der Waals surface area (Å²) in [5, 5.41) is 0.564. The van der Waals surface area contributed by atoms with Crippen molar-refractivity contribution in [2.24, 2.45) is 0 Å². The van der Waals surface area contributed by atoms with Gasteiger partial charge in [-0.15, -0.1) is 0 Å². The SMILES string of the molecule is CCOc1cc(/C=C(\Cl)c2nc3cc(C(=O)OC)ccc3c(=O)[nH]2)ccc1OC. The number of fused-ring (bicyclic) bond motifs is 1. The molecule has 0 fully saturated rings. The summed E-state index contributed by atoms with van der Waals surface area (Å²) in [6.07, 6.45) is 1.65. The third-order valence-electron chi connectivity index (χ3n) is 4.13. The number of carbonyl (C=O) groups is 1. The van der Waals surface area contributed by atoms with Crippen molar-refractivity contribution in [1.82, 2.24) is 9.97 Å². The van der Waals surface area contributed by atoms with Crippen molar-refractivity contribution in [2.75, 3.05) is 20.8 Å². The average Bonchev–Trinajstić information content (AvgIpc) is 2.73. The smallest absolute Gasteiger partial charge is 0.337 e. The molecule has 0 aliphatic carbocycles. The van der Waals surface area contributed by atoms with E-state index in [2.05, 4.69) is 9.97 Å². The second kappa shape index (κ2) is 8.79. The highest BCUT2D eigenvalue weighted by Gasteiger charge is 2.12. The molecule has 3 rings (SSSR count). The van der Waals surface area contributed by atoms with Gasteiger partial charge >= 0.3 is 5.97 Å². The molecule has 0 bridgehead atoms. The number of nitrogens with zero attached hydrogens (tertiary/aromatic N) is 1. The van der Waals surface area contributed by atoms with E-state index in [1.54, 1.807) is 31.4 Å². The number of hydrogen-bond donors (Lipinski definition) is 1. The van der Waals surface area contributed by atoms with E-state index in [9.17, 15) is 9.59 Å². The lowest BCUT2D eigenvalue weighted by molar-refractivity contribution is 0.0601. The Morgan fingerprint density at radius 1 is 1.17 bits per heavy atom. The quantitative estimate of drug-likeness (QED) is 0.616. The van der Waals surface area contributed by atoms with E-state index >= 15 is 0 Å². The van der Waals surface area contributed by atoms with Crippen LogP contribution >= 0.6 is 11.6 Å². The van der Waals surface area contributed by atoms with Gasteiger partial charge in [0.25, 0.3) is 5.56 Å². The van der Waals surface area contributed by atoms with Crippen LogP contribution in [0.3, 0.4) is 0 Å². The molecule has 7 nitrogen and oxygen atoms in total. The van der Waals surface area contributed by atoms with Gasteiger partial charge < -0.3 is 19.2 Å². The topological polar surface area (TPSA) is 90.5 Å². The second-order valence-electron chi connectivity index (χ2n) is 5.97. The van der Waals surface area contributed by atoms with E-state index in [0.29, 0.717) is 34.6 Å². The first-order valence-corrected chi connectivity index (χ1v) is 9.15. The van der Waals surface area contributed by atoms with Gasteiger partial charge in [-0.05, 0) is 48.9 Å². The van der Waals surface area contributed by atoms with Crippen molar-refractivity contribution in [1.29, 1.82) is 0 Å². The summed E-state index contributed by atoms with van der Waals surface area (Å²) in [4.78, 5) is 31.2. The van der Waals surface area contributed by atoms with Crippen molar-refractivity contribution in [3.63, 3.8) is 0 Å². The number of benzene rings is 2. The maximum atomic E-state index is 12.4. The second-order valence-corrected chi connectivity index (χ2v) is 6.38. The lowest BCUT2D eigenvalue weighted by Gasteiger charge is -2.10. The fourth-order valence-electron chi connectivity index (χ4n) is 2.76. The zero-order chi connectivity index (χ0) is 21.0. The Morgan fingerprint density at radius 2 is 1.97 bits per heavy atom. The molecule has 0 atom stereocenters. The number of esters is 1. The molecular formula is C21H19ClN2O5. The van der Waals surface area contributed by atoms with Crippen molar-refractivity contribution in [3.05, 3.63) is 63.7 Å². The lowest BCUT2D eigenvalue weighted by atomic mass is 10.1. The van der Waals surface area contributed by atoms with E-state index in [1.807, 2.05) is 6.92 Å². The zero-order valence-electron chi connectivity index (χ0n) is 16.1. The maximum absolute atomic E-state index is 12.4. The zero-order valence-corrected chi connectivity index (χ0v) is 16.9. The van der Waals surface area contributed by atoms with Crippen LogP contribution in [0.25, 0.3) is 22.0 Å². The third kappa shape index (κ3) is 4.41. The van der Waals surface area contributed by atoms with Crippen LogP contribution in [-0.2, 0) is 4.74 Å². The van der Waals surface area contributed by atoms with Gasteiger partial charge in [0, 0.05) is 0 Å². The molecule has 0 unspecified atom stereocenters. The molecule has 1 heterocycles. The van der Waals surface area contributed by atoms with Crippen LogP contribution < -0.4 is 15.0 Å². The van der Waals surface area contributed by atoms with Crippen molar-refractivity contribution < 1.29 is 19.0 Å². The van der Waals surface area contributed by atoms with E-state index in [1.165, 1.54) is 25.3 Å². The van der Waals surface area contributed by atoms with Crippen molar-refractivity contribution in [2.45, 2.75) is 6.92 Å². The van der Waals surface area contributed by atoms with Crippen LogP contribution in [0.5, 0.6) is 11.5 Å². The minimum absolute atomic E-state index is 0.181. The molecule has 150 valence electrons. The number of methoxy groups -OCH3 is 2. The van der Waals surface area contributed by atoms with Gasteiger partial charge in [0.2, 0.25) is 0 Å². The Hall–Kier alpha value is -3.32. The molecule has 0 aliphatic rings. The molecule has 0 saturated heterocycles. The minimum Gasteiger partial charge on any atom is -0.493 e. The number of aromatic nitrogens is 2. The molecule has 0 aliphatic heterocycles. The lowest BCUT2D eigenvalue weighted by Crippen LogP contribution is -2.11. The molecule has 2 aromatic carbocycles. The van der Waals surface area contributed by atoms with Crippen molar-refractivity contribution >= 4 is 39.6 Å². The number of rotatable bonds is 6. The van der Waals surface area contributed by atoms with Gasteiger partial charge in [-0.3, -0.25) is 4.79 Å². The Morgan fingerprint density at radius 3 is 2.66 bits per heavy atom. The highest BCUT2D eigenvalue weighted by molar-refractivity contribution is 6.50. The van der Waals surface area contributed by atoms with Crippen molar-refractivity contribution in [3.8, 4) is 11.5 Å². The van der Waals surface area contributed by atoms with E-state index in [4.69, 9.17) is 25.8 Å². The molecule has 0 saturated carbocycles. The summed E-state index contributed by atoms with van der Waals surface area (Å²) >= 11 is 6.41. The summed E-state index contributed by atoms with van der Waals surface area (Å²) in [5.41, 5.74) is 1.01. The Kier molecular flexibility index (Phi) is 6.19. The molecule has 8 heteroatoms. The van der Waals surface area contributed by atoms with Crippen LogP contribution in [0, 0.1) is 0 Å². The number of ether oxygens (including phenoxy) is 3. The third-order valence-corrected chi connectivity index (χ3v) is 4.42. The number of carbonyl (C=O) groups excluding carboxylic acids is 1. The largest absolute Gasteiger partial charge is 0.493 e. The summed E-state index contributed by atoms with van der Waals surface area (Å²) in [5.74, 6) is 0.849. The molecular weight excluding hydrogens is 396 g/mol. The van der Waals surface area contributed by atoms with E-state index in [-0.39, 0.29) is 16.4 Å². The Bertz CT molecular complexity index is 1150. The summed E-state index contributed by atoms with van der Waals surface area (Å²) in [7, 11) is 2.85. The fourth-order valence-corrected chi connectivity index (χ4v) is 2.98. The first kappa shape index (κ1) is 20.4. The number of hydrogen-bond acceptors (Lipinski definition) is 6. The van der Waals surface area contributed by atoms with Crippen LogP contribution in [0.4, 0.5) is 0 Å². The molecule has 1 aromatic heterocycles. The van der Waals surface area contributed by atoms with Gasteiger partial charge in [0.1, 0.15) is 0 Å². The molecule has 0 amide bonds. The highest BCUT2D eigenvalue weighted by atomic mass is 35.5. The molecule has 0 spiro atoms. The number of halogens is 1. The highest BCUT2D eigenvalue weighted by Crippen LogP contribution is 2.30. The summed E-state index contributed by atoms with van der Waals surface area (Å²) in [6, 6.07) is 9.86. The number of H-pyrrole nitrogens is 1. The molecule has 1 N–H and O–H groups in total. The predicted molar refractivity (Wildman–Crippen MR) is 112 cm³/mol. The van der Waals surface area contributed by atoms with Gasteiger partial charge in [0.05, 0.1) is 42.3 Å². The molecule has 29 heavy (non-hydrogen) atoms. The minimum atomic E-state index is -0.515. The van der Waals surface area contributed by atoms with Crippen LogP contribution in [0.1, 0.15) is 28.7 Å². The normalized spacial score (nSPS) is 11.4. The Balaban J connectivity index is 2.04. The van der Waals surface area contributed by atoms with Crippen LogP contribution in [0.2, 0.25) is 0 Å². The monoisotopic (exact) mass is 414 g/mol. The summed E-state index contributed by atoms with van der Waals surface area (Å²) < 4.78 is 15.5. The van der Waals surface area contributed by atoms with Gasteiger partial charge in [0.15, 0.2) is 17.3 Å². The van der Waals surface area contributed by atoms with Gasteiger partial charge in [-0.2, -0.15) is 0 Å². The van der Waals surface area contributed by atoms with Crippen LogP contribution in [0.15, 0.2) is 41.2 Å². The first-order chi connectivity index (χ1) is 14.0. The number of aromatic amines is 1. The molecule has 3 aromatic rings. The predicted octanol–water partition coefficient (Wildman–Crippen LogP) is 3.85. The van der Waals surface area contributed by atoms with E-state index < -0.39 is 5.97 Å². The Labute approximate surface area is 171 Å². The van der Waals surface area contributed by atoms with E-state index in [0.717, 1.165) is 5.56 Å². The average molecular weight is 415 g/mol. The summed E-state index contributed by atoms with van der Waals surface area (Å²) in [6.45, 7) is 2.36. The van der Waals surface area contributed by atoms with Gasteiger partial charge in [-0.1, -0.05) is 17.7 Å².